The van der Waals surface area contributed by atoms with Crippen molar-refractivity contribution in [3.05, 3.63) is 107 Å². The maximum absolute atomic E-state index is 13.2. The molecule has 0 bridgehead atoms. The molecule has 4 aromatic rings. The predicted molar refractivity (Wildman–Crippen MR) is 208 cm³/mol. The summed E-state index contributed by atoms with van der Waals surface area (Å²) in [5.41, 5.74) is 4.75. The van der Waals surface area contributed by atoms with E-state index in [2.05, 4.69) is 58.6 Å². The van der Waals surface area contributed by atoms with Crippen molar-refractivity contribution < 1.29 is 34.0 Å². The summed E-state index contributed by atoms with van der Waals surface area (Å²) >= 11 is 0. The van der Waals surface area contributed by atoms with Crippen LogP contribution in [-0.2, 0) is 16.8 Å². The molecule has 4 fully saturated rings. The fourth-order valence-corrected chi connectivity index (χ4v) is 8.59. The van der Waals surface area contributed by atoms with Gasteiger partial charge in [-0.2, -0.15) is 0 Å². The fourth-order valence-electron chi connectivity index (χ4n) is 8.59. The number of amides is 2. The monoisotopic (exact) mass is 760 g/mol. The van der Waals surface area contributed by atoms with Crippen LogP contribution in [0.2, 0.25) is 0 Å². The third-order valence-corrected chi connectivity index (χ3v) is 12.2. The fraction of sp³-hybridized carbons (Fsp3) is 0.442. The molecule has 56 heavy (non-hydrogen) atoms. The van der Waals surface area contributed by atoms with Crippen LogP contribution in [0.1, 0.15) is 77.1 Å². The van der Waals surface area contributed by atoms with Gasteiger partial charge in [0.15, 0.2) is 0 Å². The molecule has 292 valence electrons. The quantitative estimate of drug-likeness (QED) is 0.151. The smallest absolute Gasteiger partial charge is 0.262 e. The van der Waals surface area contributed by atoms with Crippen molar-refractivity contribution in [3.63, 3.8) is 0 Å². The van der Waals surface area contributed by atoms with Crippen molar-refractivity contribution in [1.82, 2.24) is 20.2 Å². The van der Waals surface area contributed by atoms with Gasteiger partial charge in [0.25, 0.3) is 11.8 Å². The van der Waals surface area contributed by atoms with Crippen LogP contribution in [-0.4, -0.2) is 94.3 Å². The Bertz CT molecular complexity index is 2090. The number of piperidine rings is 1. The third kappa shape index (κ3) is 6.97. The minimum absolute atomic E-state index is 0.225. The summed E-state index contributed by atoms with van der Waals surface area (Å²) in [6, 6.07) is 23.2. The Morgan fingerprint density at radius 2 is 1.57 bits per heavy atom. The van der Waals surface area contributed by atoms with Crippen LogP contribution in [0.15, 0.2) is 79.0 Å². The van der Waals surface area contributed by atoms with Crippen LogP contribution in [0, 0.1) is 11.3 Å². The van der Waals surface area contributed by atoms with Crippen molar-refractivity contribution in [1.29, 1.82) is 0 Å². The number of imide groups is 1. The number of hydrogen-bond donors (Lipinski definition) is 4. The van der Waals surface area contributed by atoms with Gasteiger partial charge in [-0.1, -0.05) is 38.1 Å². The molecule has 13 heteroatoms. The van der Waals surface area contributed by atoms with E-state index in [-0.39, 0.29) is 11.5 Å². The van der Waals surface area contributed by atoms with E-state index < -0.39 is 30.3 Å². The molecule has 3 atom stereocenters. The molecule has 5 heterocycles. The lowest BCUT2D eigenvalue weighted by Crippen LogP contribution is -2.66. The SMILES string of the molecule is CC(C)(c1ccc(OCc2ccnc(N3CC4(COC4)C3)n2)cc1)c1ccc(OCC2CC(Nc3ccc4c(c3)C(=O)N(C3CCC(O)NC3O)C4=O)C2)cc1. The molecule has 1 aliphatic carbocycles. The first-order valence-corrected chi connectivity index (χ1v) is 19.6. The summed E-state index contributed by atoms with van der Waals surface area (Å²) in [6.07, 6.45) is 2.30. The Morgan fingerprint density at radius 3 is 2.23 bits per heavy atom. The van der Waals surface area contributed by atoms with Crippen molar-refractivity contribution >= 4 is 23.5 Å². The first-order chi connectivity index (χ1) is 27.0. The second-order valence-corrected chi connectivity index (χ2v) is 16.7. The van der Waals surface area contributed by atoms with Crippen LogP contribution in [0.4, 0.5) is 11.6 Å². The lowest BCUT2D eigenvalue weighted by Gasteiger charge is -2.54. The molecule has 3 saturated heterocycles. The highest BCUT2D eigenvalue weighted by atomic mass is 16.5. The zero-order valence-electron chi connectivity index (χ0n) is 31.7. The Hall–Kier alpha value is -5.08. The average Bonchev–Trinajstić information content (AvgIpc) is 3.39. The minimum Gasteiger partial charge on any atom is -0.493 e. The summed E-state index contributed by atoms with van der Waals surface area (Å²) < 4.78 is 17.7. The number of nitrogens with one attached hydrogen (secondary N) is 2. The van der Waals surface area contributed by atoms with E-state index in [1.807, 2.05) is 36.4 Å². The number of fused-ring (bicyclic) bond motifs is 1. The normalized spacial score (nSPS) is 25.2. The molecular formula is C43H48N6O7. The number of carbonyl (C=O) groups is 2. The third-order valence-electron chi connectivity index (χ3n) is 12.2. The second-order valence-electron chi connectivity index (χ2n) is 16.7. The maximum atomic E-state index is 13.2. The number of anilines is 2. The van der Waals surface area contributed by atoms with Crippen LogP contribution in [0.5, 0.6) is 11.5 Å². The first-order valence-electron chi connectivity index (χ1n) is 19.6. The molecule has 1 spiro atoms. The lowest BCUT2D eigenvalue weighted by atomic mass is 9.78. The summed E-state index contributed by atoms with van der Waals surface area (Å²) in [7, 11) is 0. The van der Waals surface area contributed by atoms with Crippen LogP contribution >= 0.6 is 0 Å². The van der Waals surface area contributed by atoms with Crippen molar-refractivity contribution in [2.24, 2.45) is 11.3 Å². The molecule has 2 amide bonds. The highest BCUT2D eigenvalue weighted by Gasteiger charge is 2.50. The molecule has 0 radical (unpaired) electrons. The van der Waals surface area contributed by atoms with Gasteiger partial charge < -0.3 is 34.6 Å². The Balaban J connectivity index is 0.726. The molecule has 9 rings (SSSR count). The first kappa shape index (κ1) is 36.6. The Morgan fingerprint density at radius 1 is 0.893 bits per heavy atom. The topological polar surface area (TPSA) is 159 Å². The molecule has 13 nitrogen and oxygen atoms in total. The molecular weight excluding hydrogens is 713 g/mol. The summed E-state index contributed by atoms with van der Waals surface area (Å²) in [6.45, 7) is 8.98. The average molecular weight is 761 g/mol. The summed E-state index contributed by atoms with van der Waals surface area (Å²) in [4.78, 5) is 38.8. The number of ether oxygens (including phenoxy) is 3. The van der Waals surface area contributed by atoms with Gasteiger partial charge in [0.2, 0.25) is 5.95 Å². The number of aliphatic hydroxyl groups is 2. The largest absolute Gasteiger partial charge is 0.493 e. The van der Waals surface area contributed by atoms with E-state index >= 15 is 0 Å². The van der Waals surface area contributed by atoms with Gasteiger partial charge in [0, 0.05) is 36.4 Å². The summed E-state index contributed by atoms with van der Waals surface area (Å²) in [5, 5.41) is 26.3. The van der Waals surface area contributed by atoms with E-state index in [1.54, 1.807) is 18.3 Å². The number of carbonyl (C=O) groups excluding carboxylic acids is 2. The van der Waals surface area contributed by atoms with Gasteiger partial charge in [-0.15, -0.1) is 0 Å². The van der Waals surface area contributed by atoms with E-state index in [9.17, 15) is 19.8 Å². The minimum atomic E-state index is -1.18. The number of benzene rings is 3. The number of hydrogen-bond acceptors (Lipinski definition) is 12. The van der Waals surface area contributed by atoms with Crippen molar-refractivity contribution in [3.8, 4) is 11.5 Å². The van der Waals surface area contributed by atoms with Crippen LogP contribution in [0.25, 0.3) is 0 Å². The second kappa shape index (κ2) is 14.5. The zero-order chi connectivity index (χ0) is 38.6. The van der Waals surface area contributed by atoms with Crippen LogP contribution < -0.4 is 25.0 Å². The van der Waals surface area contributed by atoms with Crippen molar-refractivity contribution in [2.45, 2.75) is 76.1 Å². The number of rotatable bonds is 12. The number of aromatic nitrogens is 2. The van der Waals surface area contributed by atoms with Gasteiger partial charge in [-0.05, 0) is 91.3 Å². The molecule has 5 aliphatic rings. The predicted octanol–water partition coefficient (Wildman–Crippen LogP) is 4.47. The zero-order valence-corrected chi connectivity index (χ0v) is 31.7. The van der Waals surface area contributed by atoms with Gasteiger partial charge in [0.05, 0.1) is 48.1 Å². The molecule has 3 unspecified atom stereocenters. The molecule has 4 aliphatic heterocycles. The maximum Gasteiger partial charge on any atom is 0.262 e. The van der Waals surface area contributed by atoms with E-state index in [0.29, 0.717) is 48.5 Å². The van der Waals surface area contributed by atoms with Gasteiger partial charge in [-0.25, -0.2) is 9.97 Å². The Kier molecular flexibility index (Phi) is 9.43. The summed E-state index contributed by atoms with van der Waals surface area (Å²) in [5.74, 6) is 1.95. The molecule has 1 aromatic heterocycles. The highest BCUT2D eigenvalue weighted by Crippen LogP contribution is 2.39. The van der Waals surface area contributed by atoms with E-state index in [1.165, 1.54) is 11.1 Å². The molecule has 3 aromatic carbocycles. The molecule has 1 saturated carbocycles. The number of nitrogens with zero attached hydrogens (tertiary/aromatic N) is 4. The van der Waals surface area contributed by atoms with Gasteiger partial charge >= 0.3 is 0 Å². The van der Waals surface area contributed by atoms with Gasteiger partial charge in [0.1, 0.15) is 30.6 Å². The Labute approximate surface area is 326 Å². The highest BCUT2D eigenvalue weighted by molar-refractivity contribution is 6.22. The van der Waals surface area contributed by atoms with Crippen molar-refractivity contribution in [2.75, 3.05) is 43.1 Å². The number of aliphatic hydroxyl groups excluding tert-OH is 2. The van der Waals surface area contributed by atoms with Crippen LogP contribution in [0.3, 0.4) is 0 Å². The standard InChI is InChI=1S/C43H48N6O7/c1-42(2,28-5-10-33(11-6-28)56-21-30-15-16-44-41(46-30)48-22-43(23-48)24-54-25-43)27-3-8-32(9-4-27)55-20-26-17-31(18-26)45-29-7-12-34-35(19-29)40(53)49(39(34)52)36-13-14-37(50)47-38(36)51/h3-12,15-16,19,26,31,36-38,45,47,50-51H,13-14,17-18,20-25H2,1-2H3. The lowest BCUT2D eigenvalue weighted by molar-refractivity contribution is -0.127. The van der Waals surface area contributed by atoms with Gasteiger partial charge in [-0.3, -0.25) is 19.8 Å². The van der Waals surface area contributed by atoms with E-state index in [0.717, 1.165) is 72.9 Å². The molecule has 4 N–H and O–H groups in total. The van der Waals surface area contributed by atoms with E-state index in [4.69, 9.17) is 19.2 Å².